The Morgan fingerprint density at radius 1 is 1.21 bits per heavy atom. The summed E-state index contributed by atoms with van der Waals surface area (Å²) in [6.07, 6.45) is 2.21. The maximum atomic E-state index is 3.56. The molecule has 0 amide bonds. The predicted octanol–water partition coefficient (Wildman–Crippen LogP) is 3.39. The first-order chi connectivity index (χ1) is 9.01. The Bertz CT molecular complexity index is 415. The summed E-state index contributed by atoms with van der Waals surface area (Å²) in [5.74, 6) is 0. The highest BCUT2D eigenvalue weighted by molar-refractivity contribution is 5.62. The Morgan fingerprint density at radius 3 is 2.26 bits per heavy atom. The average Bonchev–Trinajstić information content (AvgIpc) is 2.37. The van der Waals surface area contributed by atoms with E-state index in [1.807, 2.05) is 0 Å². The van der Waals surface area contributed by atoms with E-state index < -0.39 is 0 Å². The molecule has 1 atom stereocenters. The average molecular weight is 260 g/mol. The Hall–Kier alpha value is -1.02. The topological polar surface area (TPSA) is 15.3 Å². The SMILES string of the molecule is CCc1cccc(CC)c1N1C(C)CNCC1(C)C. The van der Waals surface area contributed by atoms with Gasteiger partial charge in [0.2, 0.25) is 0 Å². The zero-order valence-corrected chi connectivity index (χ0v) is 13.1. The van der Waals surface area contributed by atoms with Crippen molar-refractivity contribution in [3.05, 3.63) is 29.3 Å². The molecule has 0 radical (unpaired) electrons. The molecule has 0 aliphatic carbocycles. The van der Waals surface area contributed by atoms with E-state index in [9.17, 15) is 0 Å². The predicted molar refractivity (Wildman–Crippen MR) is 84.1 cm³/mol. The molecule has 0 saturated carbocycles. The van der Waals surface area contributed by atoms with Crippen molar-refractivity contribution in [2.75, 3.05) is 18.0 Å². The second-order valence-electron chi connectivity index (χ2n) is 6.29. The number of piperazine rings is 1. The van der Waals surface area contributed by atoms with Gasteiger partial charge in [-0.25, -0.2) is 0 Å². The first-order valence-corrected chi connectivity index (χ1v) is 7.62. The third-order valence-corrected chi connectivity index (χ3v) is 4.30. The molecule has 1 aliphatic heterocycles. The third kappa shape index (κ3) is 2.64. The number of hydrogen-bond donors (Lipinski definition) is 1. The molecule has 1 N–H and O–H groups in total. The number of benzene rings is 1. The van der Waals surface area contributed by atoms with Crippen LogP contribution in [0.25, 0.3) is 0 Å². The van der Waals surface area contributed by atoms with Gasteiger partial charge in [0.1, 0.15) is 0 Å². The minimum absolute atomic E-state index is 0.173. The Labute approximate surface area is 118 Å². The van der Waals surface area contributed by atoms with E-state index in [2.05, 4.69) is 63.0 Å². The van der Waals surface area contributed by atoms with Crippen molar-refractivity contribution in [3.8, 4) is 0 Å². The van der Waals surface area contributed by atoms with Crippen LogP contribution in [0.15, 0.2) is 18.2 Å². The maximum Gasteiger partial charge on any atom is 0.0474 e. The summed E-state index contributed by atoms with van der Waals surface area (Å²) in [6, 6.07) is 7.33. The summed E-state index contributed by atoms with van der Waals surface area (Å²) >= 11 is 0. The summed E-state index contributed by atoms with van der Waals surface area (Å²) in [4.78, 5) is 2.65. The lowest BCUT2D eigenvalue weighted by Gasteiger charge is -2.50. The number of hydrogen-bond acceptors (Lipinski definition) is 2. The van der Waals surface area contributed by atoms with Crippen LogP contribution in [0.4, 0.5) is 5.69 Å². The van der Waals surface area contributed by atoms with Gasteiger partial charge < -0.3 is 10.2 Å². The minimum atomic E-state index is 0.173. The van der Waals surface area contributed by atoms with Crippen LogP contribution in [0, 0.1) is 0 Å². The normalized spacial score (nSPS) is 22.6. The molecule has 1 fully saturated rings. The smallest absolute Gasteiger partial charge is 0.0474 e. The van der Waals surface area contributed by atoms with E-state index in [-0.39, 0.29) is 5.54 Å². The first kappa shape index (κ1) is 14.4. The Kier molecular flexibility index (Phi) is 4.19. The molecular weight excluding hydrogens is 232 g/mol. The van der Waals surface area contributed by atoms with Crippen molar-refractivity contribution < 1.29 is 0 Å². The van der Waals surface area contributed by atoms with Gasteiger partial charge in [0.25, 0.3) is 0 Å². The fourth-order valence-corrected chi connectivity index (χ4v) is 3.41. The summed E-state index contributed by atoms with van der Waals surface area (Å²) in [7, 11) is 0. The molecule has 1 heterocycles. The van der Waals surface area contributed by atoms with Crippen LogP contribution in [-0.4, -0.2) is 24.7 Å². The van der Waals surface area contributed by atoms with Gasteiger partial charge in [-0.15, -0.1) is 0 Å². The first-order valence-electron chi connectivity index (χ1n) is 7.62. The van der Waals surface area contributed by atoms with E-state index in [0.717, 1.165) is 25.9 Å². The minimum Gasteiger partial charge on any atom is -0.361 e. The lowest BCUT2D eigenvalue weighted by Crippen LogP contribution is -2.62. The van der Waals surface area contributed by atoms with Crippen molar-refractivity contribution in [1.29, 1.82) is 0 Å². The van der Waals surface area contributed by atoms with Crippen LogP contribution in [0.5, 0.6) is 0 Å². The van der Waals surface area contributed by atoms with E-state index in [1.165, 1.54) is 16.8 Å². The van der Waals surface area contributed by atoms with Crippen LogP contribution in [0.3, 0.4) is 0 Å². The van der Waals surface area contributed by atoms with Crippen LogP contribution in [-0.2, 0) is 12.8 Å². The highest BCUT2D eigenvalue weighted by Gasteiger charge is 2.35. The van der Waals surface area contributed by atoms with Gasteiger partial charge in [-0.05, 0) is 44.7 Å². The molecule has 2 rings (SSSR count). The summed E-state index contributed by atoms with van der Waals surface area (Å²) in [5, 5.41) is 3.56. The summed E-state index contributed by atoms with van der Waals surface area (Å²) in [5.41, 5.74) is 4.64. The van der Waals surface area contributed by atoms with Crippen LogP contribution in [0.1, 0.15) is 45.7 Å². The fraction of sp³-hybridized carbons (Fsp3) is 0.647. The van der Waals surface area contributed by atoms with E-state index in [0.29, 0.717) is 6.04 Å². The molecular formula is C17H28N2. The number of para-hydroxylation sites is 1. The quantitative estimate of drug-likeness (QED) is 0.896. The van der Waals surface area contributed by atoms with Crippen molar-refractivity contribution in [3.63, 3.8) is 0 Å². The van der Waals surface area contributed by atoms with Gasteiger partial charge in [0.05, 0.1) is 0 Å². The molecule has 1 aliphatic rings. The van der Waals surface area contributed by atoms with Crippen LogP contribution in [0.2, 0.25) is 0 Å². The number of anilines is 1. The van der Waals surface area contributed by atoms with Crippen molar-refractivity contribution in [2.24, 2.45) is 0 Å². The van der Waals surface area contributed by atoms with Gasteiger partial charge in [0, 0.05) is 30.4 Å². The largest absolute Gasteiger partial charge is 0.361 e. The molecule has 0 spiro atoms. The number of rotatable bonds is 3. The summed E-state index contributed by atoms with van der Waals surface area (Å²) < 4.78 is 0. The van der Waals surface area contributed by atoms with Crippen molar-refractivity contribution in [1.82, 2.24) is 5.32 Å². The zero-order chi connectivity index (χ0) is 14.0. The molecule has 106 valence electrons. The fourth-order valence-electron chi connectivity index (χ4n) is 3.41. The van der Waals surface area contributed by atoms with Crippen molar-refractivity contribution in [2.45, 2.75) is 59.0 Å². The maximum absolute atomic E-state index is 3.56. The summed E-state index contributed by atoms with van der Waals surface area (Å²) in [6.45, 7) is 13.7. The van der Waals surface area contributed by atoms with Gasteiger partial charge in [-0.3, -0.25) is 0 Å². The second-order valence-corrected chi connectivity index (χ2v) is 6.29. The number of aryl methyl sites for hydroxylation is 2. The highest BCUT2D eigenvalue weighted by Crippen LogP contribution is 2.35. The van der Waals surface area contributed by atoms with Gasteiger partial charge in [0.15, 0.2) is 0 Å². The molecule has 2 nitrogen and oxygen atoms in total. The van der Waals surface area contributed by atoms with E-state index in [1.54, 1.807) is 0 Å². The molecule has 0 aromatic heterocycles. The zero-order valence-electron chi connectivity index (χ0n) is 13.1. The molecule has 0 bridgehead atoms. The standard InChI is InChI=1S/C17H28N2/c1-6-14-9-8-10-15(7-2)16(14)19-13(3)11-18-12-17(19,4)5/h8-10,13,18H,6-7,11-12H2,1-5H3. The molecule has 1 aromatic carbocycles. The van der Waals surface area contributed by atoms with Gasteiger partial charge in [-0.1, -0.05) is 32.0 Å². The van der Waals surface area contributed by atoms with Gasteiger partial charge in [-0.2, -0.15) is 0 Å². The highest BCUT2D eigenvalue weighted by atomic mass is 15.3. The van der Waals surface area contributed by atoms with Crippen molar-refractivity contribution >= 4 is 5.69 Å². The molecule has 2 heteroatoms. The lowest BCUT2D eigenvalue weighted by atomic mass is 9.91. The molecule has 1 aromatic rings. The Balaban J connectivity index is 2.54. The van der Waals surface area contributed by atoms with E-state index >= 15 is 0 Å². The van der Waals surface area contributed by atoms with E-state index in [4.69, 9.17) is 0 Å². The number of nitrogens with zero attached hydrogens (tertiary/aromatic N) is 1. The number of nitrogens with one attached hydrogen (secondary N) is 1. The Morgan fingerprint density at radius 2 is 1.79 bits per heavy atom. The molecule has 1 saturated heterocycles. The third-order valence-electron chi connectivity index (χ3n) is 4.30. The second kappa shape index (κ2) is 5.54. The molecule has 19 heavy (non-hydrogen) atoms. The van der Waals surface area contributed by atoms with Crippen LogP contribution >= 0.6 is 0 Å². The van der Waals surface area contributed by atoms with Gasteiger partial charge >= 0.3 is 0 Å². The van der Waals surface area contributed by atoms with Crippen LogP contribution < -0.4 is 10.2 Å². The lowest BCUT2D eigenvalue weighted by molar-refractivity contribution is 0.332. The monoisotopic (exact) mass is 260 g/mol. The molecule has 1 unspecified atom stereocenters.